The molecular formula is C36H31O2S2+. The zero-order valence-corrected chi connectivity index (χ0v) is 24.7. The molecule has 0 atom stereocenters. The summed E-state index contributed by atoms with van der Waals surface area (Å²) < 4.78 is 11.8. The van der Waals surface area contributed by atoms with Gasteiger partial charge in [-0.25, -0.2) is 0 Å². The molecule has 0 aromatic heterocycles. The van der Waals surface area contributed by atoms with E-state index in [1.165, 1.54) is 30.7 Å². The van der Waals surface area contributed by atoms with E-state index in [4.69, 9.17) is 9.47 Å². The fourth-order valence-corrected chi connectivity index (χ4v) is 8.02. The Kier molecular flexibility index (Phi) is 7.46. The van der Waals surface area contributed by atoms with Crippen molar-refractivity contribution in [1.82, 2.24) is 0 Å². The Bertz CT molecular complexity index is 1750. The minimum absolute atomic E-state index is 0.166. The van der Waals surface area contributed by atoms with Crippen LogP contribution in [-0.4, -0.2) is 14.2 Å². The van der Waals surface area contributed by atoms with Crippen molar-refractivity contribution >= 4 is 44.2 Å². The summed E-state index contributed by atoms with van der Waals surface area (Å²) in [5.74, 6) is 1.76. The van der Waals surface area contributed by atoms with E-state index in [1.54, 1.807) is 26.0 Å². The lowest BCUT2D eigenvalue weighted by molar-refractivity contribution is 0.417. The molecule has 0 bridgehead atoms. The summed E-state index contributed by atoms with van der Waals surface area (Å²) in [7, 11) is 3.31. The van der Waals surface area contributed by atoms with Crippen molar-refractivity contribution in [1.29, 1.82) is 0 Å². The maximum absolute atomic E-state index is 5.92. The molecule has 6 aromatic carbocycles. The summed E-state index contributed by atoms with van der Waals surface area (Å²) in [6.07, 6.45) is 0. The van der Waals surface area contributed by atoms with Crippen LogP contribution in [0, 0.1) is 13.8 Å². The van der Waals surface area contributed by atoms with E-state index in [0.717, 1.165) is 37.9 Å². The standard InChI is InChI=1S/C36H31O2S2/c1-24-9-16-28(17-10-24)40(29-18-11-25(2)12-19-29)30-20-13-26(14-21-30)39-27-15-22-33-34(23-27)36(38-4)32-8-6-5-7-31(32)35(33)37-3/h5-23H,1-4H3/q+1. The second kappa shape index (κ2) is 11.3. The minimum atomic E-state index is -0.166. The van der Waals surface area contributed by atoms with Gasteiger partial charge >= 0.3 is 0 Å². The summed E-state index contributed by atoms with van der Waals surface area (Å²) in [6.45, 7) is 4.28. The highest BCUT2D eigenvalue weighted by Gasteiger charge is 2.28. The van der Waals surface area contributed by atoms with Crippen molar-refractivity contribution in [3.05, 3.63) is 126 Å². The SMILES string of the molecule is COc1c2ccccc2c(OC)c2cc(Sc3ccc([S+](c4ccc(C)cc4)c4ccc(C)cc4)cc3)ccc12. The first kappa shape index (κ1) is 26.4. The Hall–Kier alpha value is -3.86. The van der Waals surface area contributed by atoms with Crippen molar-refractivity contribution in [2.75, 3.05) is 14.2 Å². The van der Waals surface area contributed by atoms with Gasteiger partial charge in [-0.2, -0.15) is 0 Å². The van der Waals surface area contributed by atoms with E-state index in [1.807, 2.05) is 12.1 Å². The van der Waals surface area contributed by atoms with Gasteiger partial charge in [0.1, 0.15) is 11.5 Å². The molecule has 0 unspecified atom stereocenters. The van der Waals surface area contributed by atoms with Crippen LogP contribution in [0.25, 0.3) is 21.5 Å². The van der Waals surface area contributed by atoms with Gasteiger partial charge in [-0.3, -0.25) is 0 Å². The normalized spacial score (nSPS) is 11.3. The van der Waals surface area contributed by atoms with Gasteiger partial charge in [-0.15, -0.1) is 0 Å². The molecule has 0 amide bonds. The molecule has 198 valence electrons. The zero-order chi connectivity index (χ0) is 27.6. The van der Waals surface area contributed by atoms with E-state index < -0.39 is 0 Å². The van der Waals surface area contributed by atoms with Crippen molar-refractivity contribution in [2.45, 2.75) is 38.3 Å². The number of benzene rings is 6. The van der Waals surface area contributed by atoms with Crippen LogP contribution in [0.5, 0.6) is 11.5 Å². The molecule has 4 heteroatoms. The third-order valence-electron chi connectivity index (χ3n) is 7.11. The number of ether oxygens (including phenoxy) is 2. The van der Waals surface area contributed by atoms with E-state index in [0.29, 0.717) is 0 Å². The fourth-order valence-electron chi connectivity index (χ4n) is 5.12. The zero-order valence-electron chi connectivity index (χ0n) is 23.1. The van der Waals surface area contributed by atoms with E-state index >= 15 is 0 Å². The molecule has 2 nitrogen and oxygen atoms in total. The molecule has 0 aliphatic carbocycles. The van der Waals surface area contributed by atoms with Gasteiger partial charge < -0.3 is 9.47 Å². The van der Waals surface area contributed by atoms with Gasteiger partial charge in [0.15, 0.2) is 14.7 Å². The smallest absolute Gasteiger partial charge is 0.166 e. The Morgan fingerprint density at radius 3 is 1.40 bits per heavy atom. The summed E-state index contributed by atoms with van der Waals surface area (Å²) >= 11 is 1.76. The van der Waals surface area contributed by atoms with Crippen molar-refractivity contribution in [3.63, 3.8) is 0 Å². The molecule has 0 aliphatic heterocycles. The monoisotopic (exact) mass is 559 g/mol. The van der Waals surface area contributed by atoms with Crippen LogP contribution in [0.15, 0.2) is 140 Å². The lowest BCUT2D eigenvalue weighted by atomic mass is 10.0. The number of hydrogen-bond donors (Lipinski definition) is 0. The third-order valence-corrected chi connectivity index (χ3v) is 10.3. The van der Waals surface area contributed by atoms with Crippen LogP contribution < -0.4 is 9.47 Å². The maximum Gasteiger partial charge on any atom is 0.166 e. The first-order valence-electron chi connectivity index (χ1n) is 13.3. The van der Waals surface area contributed by atoms with Crippen LogP contribution in [-0.2, 0) is 10.9 Å². The molecule has 0 saturated carbocycles. The average Bonchev–Trinajstić information content (AvgIpc) is 2.99. The lowest BCUT2D eigenvalue weighted by Gasteiger charge is -2.15. The molecule has 6 aromatic rings. The molecule has 40 heavy (non-hydrogen) atoms. The van der Waals surface area contributed by atoms with E-state index in [-0.39, 0.29) is 10.9 Å². The predicted molar refractivity (Wildman–Crippen MR) is 170 cm³/mol. The molecule has 0 heterocycles. The van der Waals surface area contributed by atoms with Crippen molar-refractivity contribution in [3.8, 4) is 11.5 Å². The van der Waals surface area contributed by atoms with Crippen LogP contribution in [0.2, 0.25) is 0 Å². The van der Waals surface area contributed by atoms with Crippen LogP contribution in [0.1, 0.15) is 11.1 Å². The molecule has 0 radical (unpaired) electrons. The third kappa shape index (κ3) is 5.05. The highest BCUT2D eigenvalue weighted by molar-refractivity contribution is 7.99. The van der Waals surface area contributed by atoms with Crippen LogP contribution in [0.3, 0.4) is 0 Å². The van der Waals surface area contributed by atoms with Crippen molar-refractivity contribution in [2.24, 2.45) is 0 Å². The number of rotatable bonds is 7. The minimum Gasteiger partial charge on any atom is -0.495 e. The Morgan fingerprint density at radius 1 is 0.475 bits per heavy atom. The summed E-state index contributed by atoms with van der Waals surface area (Å²) in [5, 5.41) is 4.22. The Labute approximate surface area is 243 Å². The predicted octanol–water partition coefficient (Wildman–Crippen LogP) is 9.87. The topological polar surface area (TPSA) is 18.5 Å². The first-order valence-corrected chi connectivity index (χ1v) is 15.3. The number of fused-ring (bicyclic) bond motifs is 2. The Morgan fingerprint density at radius 2 is 0.900 bits per heavy atom. The second-order valence-corrected chi connectivity index (χ2v) is 13.0. The summed E-state index contributed by atoms with van der Waals surface area (Å²) in [4.78, 5) is 6.34. The quantitative estimate of drug-likeness (QED) is 0.143. The Balaban J connectivity index is 1.35. The van der Waals surface area contributed by atoms with Crippen molar-refractivity contribution < 1.29 is 9.47 Å². The average molecular weight is 560 g/mol. The van der Waals surface area contributed by atoms with Gasteiger partial charge in [-0.1, -0.05) is 71.4 Å². The first-order chi connectivity index (χ1) is 19.6. The number of methoxy groups -OCH3 is 2. The van der Waals surface area contributed by atoms with Gasteiger partial charge in [0.25, 0.3) is 0 Å². The summed E-state index contributed by atoms with van der Waals surface area (Å²) in [5.41, 5.74) is 2.56. The van der Waals surface area contributed by atoms with Gasteiger partial charge in [0.05, 0.1) is 25.1 Å². The molecular weight excluding hydrogens is 529 g/mol. The molecule has 0 aliphatic rings. The number of hydrogen-bond acceptors (Lipinski definition) is 3. The van der Waals surface area contributed by atoms with Gasteiger partial charge in [0.2, 0.25) is 0 Å². The highest BCUT2D eigenvalue weighted by Crippen LogP contribution is 2.44. The van der Waals surface area contributed by atoms with Gasteiger partial charge in [-0.05, 0) is 80.6 Å². The summed E-state index contributed by atoms with van der Waals surface area (Å²) in [6, 6.07) is 41.7. The van der Waals surface area contributed by atoms with E-state index in [9.17, 15) is 0 Å². The molecule has 0 N–H and O–H groups in total. The highest BCUT2D eigenvalue weighted by atomic mass is 32.2. The van der Waals surface area contributed by atoms with Gasteiger partial charge in [0, 0.05) is 31.3 Å². The largest absolute Gasteiger partial charge is 0.495 e. The molecule has 0 saturated heterocycles. The second-order valence-electron chi connectivity index (χ2n) is 9.83. The molecule has 0 spiro atoms. The lowest BCUT2D eigenvalue weighted by Crippen LogP contribution is -2.04. The van der Waals surface area contributed by atoms with Crippen LogP contribution in [0.4, 0.5) is 0 Å². The molecule has 6 rings (SSSR count). The number of aryl methyl sites for hydroxylation is 2. The van der Waals surface area contributed by atoms with Crippen LogP contribution >= 0.6 is 11.8 Å². The maximum atomic E-state index is 5.92. The van der Waals surface area contributed by atoms with E-state index in [2.05, 4.69) is 117 Å². The molecule has 0 fully saturated rings. The fraction of sp³-hybridized carbons (Fsp3) is 0.111.